The topological polar surface area (TPSA) is 111 Å². The van der Waals surface area contributed by atoms with Gasteiger partial charge in [0.2, 0.25) is 5.91 Å². The maximum atomic E-state index is 12.5. The molecule has 0 aliphatic carbocycles. The summed E-state index contributed by atoms with van der Waals surface area (Å²) < 4.78 is 6.93. The van der Waals surface area contributed by atoms with Crippen molar-refractivity contribution in [3.05, 3.63) is 52.8 Å². The predicted molar refractivity (Wildman–Crippen MR) is 116 cm³/mol. The van der Waals surface area contributed by atoms with E-state index in [1.165, 1.54) is 4.68 Å². The fourth-order valence-electron chi connectivity index (χ4n) is 3.47. The Labute approximate surface area is 183 Å². The fourth-order valence-corrected chi connectivity index (χ4v) is 3.74. The first-order valence-corrected chi connectivity index (χ1v) is 10.2. The lowest BCUT2D eigenvalue weighted by atomic mass is 10.0. The highest BCUT2D eigenvalue weighted by Gasteiger charge is 2.21. The van der Waals surface area contributed by atoms with Crippen LogP contribution in [0.1, 0.15) is 37.0 Å². The predicted octanol–water partition coefficient (Wildman–Crippen LogP) is 4.12. The molecule has 2 aromatic heterocycles. The summed E-state index contributed by atoms with van der Waals surface area (Å²) >= 11 is 6.08. The van der Waals surface area contributed by atoms with Gasteiger partial charge in [0, 0.05) is 36.5 Å². The third kappa shape index (κ3) is 4.51. The van der Waals surface area contributed by atoms with Gasteiger partial charge in [-0.25, -0.2) is 14.5 Å². The van der Waals surface area contributed by atoms with Crippen LogP contribution in [0.5, 0.6) is 0 Å². The summed E-state index contributed by atoms with van der Waals surface area (Å²) in [5.41, 5.74) is 3.70. The Balaban J connectivity index is 1.54. The third-order valence-electron chi connectivity index (χ3n) is 5.06. The van der Waals surface area contributed by atoms with E-state index in [1.54, 1.807) is 32.3 Å². The van der Waals surface area contributed by atoms with Crippen molar-refractivity contribution in [2.45, 2.75) is 32.3 Å². The van der Waals surface area contributed by atoms with Gasteiger partial charge in [0.05, 0.1) is 0 Å². The number of aromatic nitrogens is 4. The number of carbonyl (C=O) groups excluding carboxylic acids is 2. The van der Waals surface area contributed by atoms with Crippen molar-refractivity contribution < 1.29 is 14.3 Å². The van der Waals surface area contributed by atoms with Gasteiger partial charge in [-0.1, -0.05) is 28.9 Å². The van der Waals surface area contributed by atoms with Crippen LogP contribution in [0.2, 0.25) is 5.15 Å². The average Bonchev–Trinajstić information content (AvgIpc) is 2.98. The van der Waals surface area contributed by atoms with Crippen LogP contribution in [0.15, 0.2) is 36.5 Å². The van der Waals surface area contributed by atoms with Crippen molar-refractivity contribution in [3.8, 4) is 11.3 Å². The molecule has 31 heavy (non-hydrogen) atoms. The van der Waals surface area contributed by atoms with E-state index in [9.17, 15) is 9.59 Å². The number of nitrogens with zero attached hydrogens (tertiary/aromatic N) is 4. The number of fused-ring (bicyclic) bond motifs is 1. The Morgan fingerprint density at radius 2 is 2.16 bits per heavy atom. The van der Waals surface area contributed by atoms with Crippen molar-refractivity contribution in [2.75, 3.05) is 10.6 Å². The van der Waals surface area contributed by atoms with Crippen LogP contribution in [0.25, 0.3) is 11.3 Å². The Kier molecular flexibility index (Phi) is 5.85. The molecule has 0 saturated carbocycles. The highest BCUT2D eigenvalue weighted by molar-refractivity contribution is 6.30. The number of aryl methyl sites for hydroxylation is 2. The number of hydrogen-bond acceptors (Lipinski definition) is 6. The van der Waals surface area contributed by atoms with Crippen LogP contribution < -0.4 is 10.6 Å². The van der Waals surface area contributed by atoms with Crippen molar-refractivity contribution in [2.24, 2.45) is 7.05 Å². The second kappa shape index (κ2) is 8.73. The van der Waals surface area contributed by atoms with E-state index in [0.717, 1.165) is 29.7 Å². The molecular weight excluding hydrogens is 420 g/mol. The maximum absolute atomic E-state index is 12.5. The molecule has 160 valence electrons. The summed E-state index contributed by atoms with van der Waals surface area (Å²) in [4.78, 5) is 28.3. The standard InChI is InChI=1S/C21H21ClN6O3/c1-12(15-6-4-10-23-19(15)22)31-21(30)25-20-18(26-27-28(20)2)14-8-9-16-13(11-14)5-3-7-17(29)24-16/h4,6,8-12H,3,5,7H2,1-2H3,(H,24,29)(H,25,30)/t12-/m1/s1. The zero-order chi connectivity index (χ0) is 22.0. The second-order valence-corrected chi connectivity index (χ2v) is 7.60. The van der Waals surface area contributed by atoms with E-state index in [4.69, 9.17) is 16.3 Å². The summed E-state index contributed by atoms with van der Waals surface area (Å²) in [5, 5.41) is 14.1. The number of halogens is 1. The van der Waals surface area contributed by atoms with Crippen molar-refractivity contribution in [3.63, 3.8) is 0 Å². The Bertz CT molecular complexity index is 1150. The van der Waals surface area contributed by atoms with Crippen LogP contribution in [-0.4, -0.2) is 32.0 Å². The number of rotatable bonds is 4. The number of hydrogen-bond donors (Lipinski definition) is 2. The van der Waals surface area contributed by atoms with Crippen LogP contribution in [0, 0.1) is 0 Å². The summed E-state index contributed by atoms with van der Waals surface area (Å²) in [5.74, 6) is 0.408. The zero-order valence-electron chi connectivity index (χ0n) is 17.1. The van der Waals surface area contributed by atoms with Crippen LogP contribution in [0.3, 0.4) is 0 Å². The van der Waals surface area contributed by atoms with Gasteiger partial charge >= 0.3 is 6.09 Å². The highest BCUT2D eigenvalue weighted by atomic mass is 35.5. The number of nitrogens with one attached hydrogen (secondary N) is 2. The lowest BCUT2D eigenvalue weighted by Gasteiger charge is -2.15. The number of carbonyl (C=O) groups is 2. The van der Waals surface area contributed by atoms with Crippen molar-refractivity contribution >= 4 is 35.1 Å². The average molecular weight is 441 g/mol. The summed E-state index contributed by atoms with van der Waals surface area (Å²) in [7, 11) is 1.68. The normalized spacial score (nSPS) is 14.2. The molecule has 9 nitrogen and oxygen atoms in total. The maximum Gasteiger partial charge on any atom is 0.413 e. The molecule has 0 fully saturated rings. The molecule has 0 radical (unpaired) electrons. The van der Waals surface area contributed by atoms with E-state index < -0.39 is 12.2 Å². The molecule has 0 bridgehead atoms. The Morgan fingerprint density at radius 1 is 1.32 bits per heavy atom. The number of amides is 2. The third-order valence-corrected chi connectivity index (χ3v) is 5.38. The van der Waals surface area contributed by atoms with Crippen LogP contribution >= 0.6 is 11.6 Å². The quantitative estimate of drug-likeness (QED) is 0.590. The monoisotopic (exact) mass is 440 g/mol. The first-order valence-electron chi connectivity index (χ1n) is 9.83. The largest absolute Gasteiger partial charge is 0.441 e. The van der Waals surface area contributed by atoms with Gasteiger partial charge in [-0.2, -0.15) is 0 Å². The van der Waals surface area contributed by atoms with Gasteiger partial charge in [-0.05, 0) is 43.5 Å². The molecule has 0 unspecified atom stereocenters. The van der Waals surface area contributed by atoms with E-state index in [0.29, 0.717) is 23.5 Å². The molecule has 4 rings (SSSR count). The molecule has 3 aromatic rings. The van der Waals surface area contributed by atoms with Crippen LogP contribution in [-0.2, 0) is 23.0 Å². The van der Waals surface area contributed by atoms with Gasteiger partial charge in [0.1, 0.15) is 17.0 Å². The van der Waals surface area contributed by atoms with Gasteiger partial charge in [0.25, 0.3) is 0 Å². The minimum Gasteiger partial charge on any atom is -0.441 e. The lowest BCUT2D eigenvalue weighted by molar-refractivity contribution is -0.116. The SMILES string of the molecule is C[C@@H](OC(=O)Nc1c(-c2ccc3c(c2)CCCC(=O)N3)nnn1C)c1cccnc1Cl. The zero-order valence-corrected chi connectivity index (χ0v) is 17.8. The molecule has 1 aliphatic rings. The fraction of sp³-hybridized carbons (Fsp3) is 0.286. The first kappa shape index (κ1) is 20.8. The van der Waals surface area contributed by atoms with Gasteiger partial charge in [-0.3, -0.25) is 10.1 Å². The summed E-state index contributed by atoms with van der Waals surface area (Å²) in [6, 6.07) is 9.11. The minimum absolute atomic E-state index is 0.0129. The minimum atomic E-state index is -0.666. The summed E-state index contributed by atoms with van der Waals surface area (Å²) in [6.45, 7) is 1.71. The molecule has 3 heterocycles. The summed E-state index contributed by atoms with van der Waals surface area (Å²) in [6.07, 6.45) is 2.35. The van der Waals surface area contributed by atoms with Gasteiger partial charge in [-0.15, -0.1) is 5.10 Å². The number of ether oxygens (including phenoxy) is 1. The molecule has 2 amide bonds. The molecule has 1 atom stereocenters. The van der Waals surface area contributed by atoms with Crippen molar-refractivity contribution in [1.82, 2.24) is 20.0 Å². The number of pyridine rings is 1. The smallest absolute Gasteiger partial charge is 0.413 e. The van der Waals surface area contributed by atoms with Gasteiger partial charge < -0.3 is 10.1 Å². The molecule has 2 N–H and O–H groups in total. The second-order valence-electron chi connectivity index (χ2n) is 7.24. The molecular formula is C21H21ClN6O3. The van der Waals surface area contributed by atoms with Crippen molar-refractivity contribution in [1.29, 1.82) is 0 Å². The molecule has 1 aromatic carbocycles. The van der Waals surface area contributed by atoms with Crippen LogP contribution in [0.4, 0.5) is 16.3 Å². The van der Waals surface area contributed by atoms with E-state index in [-0.39, 0.29) is 11.1 Å². The molecule has 0 saturated heterocycles. The lowest BCUT2D eigenvalue weighted by Crippen LogP contribution is -2.18. The van der Waals surface area contributed by atoms with Gasteiger partial charge in [0.15, 0.2) is 5.82 Å². The number of anilines is 2. The Morgan fingerprint density at radius 3 is 2.97 bits per heavy atom. The van der Waals surface area contributed by atoms with E-state index in [2.05, 4.69) is 25.9 Å². The molecule has 0 spiro atoms. The molecule has 1 aliphatic heterocycles. The Hall–Kier alpha value is -3.46. The number of benzene rings is 1. The van der Waals surface area contributed by atoms with E-state index >= 15 is 0 Å². The molecule has 10 heteroatoms. The highest BCUT2D eigenvalue weighted by Crippen LogP contribution is 2.31. The first-order chi connectivity index (χ1) is 14.9. The van der Waals surface area contributed by atoms with E-state index in [1.807, 2.05) is 18.2 Å².